The summed E-state index contributed by atoms with van der Waals surface area (Å²) < 4.78 is 11.5. The van der Waals surface area contributed by atoms with Crippen LogP contribution in [0.1, 0.15) is 31.4 Å². The van der Waals surface area contributed by atoms with E-state index in [2.05, 4.69) is 9.88 Å². The van der Waals surface area contributed by atoms with Gasteiger partial charge in [-0.15, -0.1) is 0 Å². The molecule has 6 nitrogen and oxygen atoms in total. The average Bonchev–Trinajstić information content (AvgIpc) is 3.42. The van der Waals surface area contributed by atoms with Crippen molar-refractivity contribution < 1.29 is 13.9 Å². The number of anilines is 1. The van der Waals surface area contributed by atoms with E-state index in [0.717, 1.165) is 43.4 Å². The van der Waals surface area contributed by atoms with Gasteiger partial charge in [0.1, 0.15) is 11.9 Å². The Morgan fingerprint density at radius 1 is 1.23 bits per heavy atom. The summed E-state index contributed by atoms with van der Waals surface area (Å²) in [4.78, 5) is 21.1. The number of pyridine rings is 1. The standard InChI is InChI=1S/C20H25N3O3/c24-19(8-7-16-5-4-14-25-16)23-13-9-17(15-23)26-18-6-3-10-21-20(18)22-11-1-2-12-22/h3-6,10,14,17H,1-2,7-9,11-13,15H2. The zero-order chi connectivity index (χ0) is 17.8. The number of hydrogen-bond acceptors (Lipinski definition) is 5. The molecule has 2 saturated heterocycles. The fourth-order valence-electron chi connectivity index (χ4n) is 3.71. The van der Waals surface area contributed by atoms with Crippen LogP contribution in [0.25, 0.3) is 0 Å². The molecule has 2 aromatic rings. The first kappa shape index (κ1) is 16.9. The quantitative estimate of drug-likeness (QED) is 0.797. The minimum absolute atomic E-state index is 0.0353. The van der Waals surface area contributed by atoms with Crippen molar-refractivity contribution in [1.29, 1.82) is 0 Å². The molecular formula is C20H25N3O3. The van der Waals surface area contributed by atoms with Gasteiger partial charge in [-0.3, -0.25) is 4.79 Å². The minimum atomic E-state index is 0.0353. The van der Waals surface area contributed by atoms with Gasteiger partial charge in [-0.25, -0.2) is 4.98 Å². The Labute approximate surface area is 153 Å². The molecule has 1 amide bonds. The molecule has 0 aromatic carbocycles. The normalized spacial score (nSPS) is 19.9. The molecule has 4 heterocycles. The molecule has 0 spiro atoms. The molecular weight excluding hydrogens is 330 g/mol. The molecule has 26 heavy (non-hydrogen) atoms. The highest BCUT2D eigenvalue weighted by Crippen LogP contribution is 2.30. The lowest BCUT2D eigenvalue weighted by Crippen LogP contribution is -2.31. The summed E-state index contributed by atoms with van der Waals surface area (Å²) in [5.41, 5.74) is 0. The third kappa shape index (κ3) is 3.84. The van der Waals surface area contributed by atoms with E-state index in [1.807, 2.05) is 35.4 Å². The monoisotopic (exact) mass is 355 g/mol. The second kappa shape index (κ2) is 7.81. The maximum absolute atomic E-state index is 12.4. The average molecular weight is 355 g/mol. The molecule has 0 N–H and O–H groups in total. The van der Waals surface area contributed by atoms with Gasteiger partial charge in [0.25, 0.3) is 0 Å². The van der Waals surface area contributed by atoms with Crippen LogP contribution in [0.4, 0.5) is 5.82 Å². The molecule has 0 radical (unpaired) electrons. The van der Waals surface area contributed by atoms with E-state index in [4.69, 9.17) is 9.15 Å². The second-order valence-corrected chi connectivity index (χ2v) is 6.97. The molecule has 1 unspecified atom stereocenters. The van der Waals surface area contributed by atoms with Crippen molar-refractivity contribution in [1.82, 2.24) is 9.88 Å². The van der Waals surface area contributed by atoms with E-state index in [1.165, 1.54) is 12.8 Å². The summed E-state index contributed by atoms with van der Waals surface area (Å²) in [7, 11) is 0. The van der Waals surface area contributed by atoms with Gasteiger partial charge < -0.3 is 19.0 Å². The highest BCUT2D eigenvalue weighted by Gasteiger charge is 2.29. The SMILES string of the molecule is O=C(CCc1ccco1)N1CCC(Oc2cccnc2N2CCCC2)C1. The Balaban J connectivity index is 1.32. The number of rotatable bonds is 6. The highest BCUT2D eigenvalue weighted by atomic mass is 16.5. The summed E-state index contributed by atoms with van der Waals surface area (Å²) in [6.45, 7) is 3.47. The van der Waals surface area contributed by atoms with Gasteiger partial charge in [0.2, 0.25) is 5.91 Å². The Kier molecular flexibility index (Phi) is 5.09. The van der Waals surface area contributed by atoms with Crippen LogP contribution in [0.3, 0.4) is 0 Å². The maximum Gasteiger partial charge on any atom is 0.223 e. The molecule has 0 saturated carbocycles. The van der Waals surface area contributed by atoms with Crippen LogP contribution in [0.15, 0.2) is 41.1 Å². The first-order chi connectivity index (χ1) is 12.8. The second-order valence-electron chi connectivity index (χ2n) is 6.97. The predicted molar refractivity (Wildman–Crippen MR) is 98.3 cm³/mol. The van der Waals surface area contributed by atoms with E-state index in [-0.39, 0.29) is 12.0 Å². The fraction of sp³-hybridized carbons (Fsp3) is 0.500. The fourth-order valence-corrected chi connectivity index (χ4v) is 3.71. The molecule has 1 atom stereocenters. The van der Waals surface area contributed by atoms with E-state index in [0.29, 0.717) is 19.4 Å². The maximum atomic E-state index is 12.4. The molecule has 2 aliphatic heterocycles. The topological polar surface area (TPSA) is 58.8 Å². The Morgan fingerprint density at radius 3 is 2.92 bits per heavy atom. The third-order valence-electron chi connectivity index (χ3n) is 5.11. The van der Waals surface area contributed by atoms with E-state index >= 15 is 0 Å². The summed E-state index contributed by atoms with van der Waals surface area (Å²) in [5, 5.41) is 0. The summed E-state index contributed by atoms with van der Waals surface area (Å²) in [6.07, 6.45) is 7.90. The van der Waals surface area contributed by atoms with Crippen LogP contribution >= 0.6 is 0 Å². The van der Waals surface area contributed by atoms with E-state index < -0.39 is 0 Å². The summed E-state index contributed by atoms with van der Waals surface area (Å²) >= 11 is 0. The molecule has 2 aliphatic rings. The molecule has 0 bridgehead atoms. The first-order valence-corrected chi connectivity index (χ1v) is 9.46. The van der Waals surface area contributed by atoms with Crippen LogP contribution in [0.2, 0.25) is 0 Å². The molecule has 6 heteroatoms. The zero-order valence-corrected chi connectivity index (χ0v) is 15.0. The lowest BCUT2D eigenvalue weighted by molar-refractivity contribution is -0.130. The molecule has 138 valence electrons. The van der Waals surface area contributed by atoms with Crippen molar-refractivity contribution in [3.05, 3.63) is 42.5 Å². The van der Waals surface area contributed by atoms with Gasteiger partial charge in [-0.1, -0.05) is 0 Å². The first-order valence-electron chi connectivity index (χ1n) is 9.46. The number of furan rings is 1. The van der Waals surface area contributed by atoms with Crippen molar-refractivity contribution in [2.75, 3.05) is 31.1 Å². The van der Waals surface area contributed by atoms with Gasteiger partial charge in [0.05, 0.1) is 12.8 Å². The van der Waals surface area contributed by atoms with Crippen LogP contribution in [-0.4, -0.2) is 48.1 Å². The Hall–Kier alpha value is -2.50. The lowest BCUT2D eigenvalue weighted by Gasteiger charge is -2.22. The van der Waals surface area contributed by atoms with Gasteiger partial charge >= 0.3 is 0 Å². The molecule has 0 aliphatic carbocycles. The minimum Gasteiger partial charge on any atom is -0.485 e. The number of nitrogens with zero attached hydrogens (tertiary/aromatic N) is 3. The van der Waals surface area contributed by atoms with Gasteiger partial charge in [0.15, 0.2) is 11.6 Å². The summed E-state index contributed by atoms with van der Waals surface area (Å²) in [5.74, 6) is 2.80. The summed E-state index contributed by atoms with van der Waals surface area (Å²) in [6, 6.07) is 7.66. The van der Waals surface area contributed by atoms with E-state index in [1.54, 1.807) is 6.26 Å². The van der Waals surface area contributed by atoms with Crippen LogP contribution in [0.5, 0.6) is 5.75 Å². The smallest absolute Gasteiger partial charge is 0.223 e. The number of hydrogen-bond donors (Lipinski definition) is 0. The number of likely N-dealkylation sites (tertiary alicyclic amines) is 1. The van der Waals surface area contributed by atoms with Crippen molar-refractivity contribution in [3.8, 4) is 5.75 Å². The Morgan fingerprint density at radius 2 is 2.12 bits per heavy atom. The van der Waals surface area contributed by atoms with Crippen molar-refractivity contribution >= 4 is 11.7 Å². The number of ether oxygens (including phenoxy) is 1. The van der Waals surface area contributed by atoms with Crippen molar-refractivity contribution in [2.45, 2.75) is 38.2 Å². The molecule has 2 aromatic heterocycles. The van der Waals surface area contributed by atoms with Gasteiger partial charge in [-0.05, 0) is 37.1 Å². The van der Waals surface area contributed by atoms with Crippen LogP contribution in [0, 0.1) is 0 Å². The van der Waals surface area contributed by atoms with Crippen molar-refractivity contribution in [3.63, 3.8) is 0 Å². The van der Waals surface area contributed by atoms with Crippen LogP contribution < -0.4 is 9.64 Å². The number of carbonyl (C=O) groups is 1. The predicted octanol–water partition coefficient (Wildman–Crippen LogP) is 2.89. The molecule has 2 fully saturated rings. The Bertz CT molecular complexity index is 726. The third-order valence-corrected chi connectivity index (χ3v) is 5.11. The van der Waals surface area contributed by atoms with Crippen LogP contribution in [-0.2, 0) is 11.2 Å². The lowest BCUT2D eigenvalue weighted by atomic mass is 10.2. The number of amides is 1. The largest absolute Gasteiger partial charge is 0.485 e. The van der Waals surface area contributed by atoms with Crippen molar-refractivity contribution in [2.24, 2.45) is 0 Å². The van der Waals surface area contributed by atoms with Gasteiger partial charge in [0, 0.05) is 45.1 Å². The highest BCUT2D eigenvalue weighted by molar-refractivity contribution is 5.76. The zero-order valence-electron chi connectivity index (χ0n) is 15.0. The van der Waals surface area contributed by atoms with E-state index in [9.17, 15) is 4.79 Å². The van der Waals surface area contributed by atoms with Gasteiger partial charge in [-0.2, -0.15) is 0 Å². The number of aromatic nitrogens is 1. The number of carbonyl (C=O) groups excluding carboxylic acids is 1. The molecule has 4 rings (SSSR count). The number of aryl methyl sites for hydroxylation is 1.